The van der Waals surface area contributed by atoms with Crippen molar-refractivity contribution in [3.05, 3.63) is 11.3 Å². The molecule has 1 aromatic heterocycles. The maximum absolute atomic E-state index is 5.40. The van der Waals surface area contributed by atoms with Gasteiger partial charge in [-0.15, -0.1) is 0 Å². The highest BCUT2D eigenvalue weighted by molar-refractivity contribution is 5.48. The van der Waals surface area contributed by atoms with Gasteiger partial charge in [0.05, 0.1) is 12.7 Å². The molecule has 2 N–H and O–H groups in total. The lowest BCUT2D eigenvalue weighted by Gasteiger charge is -2.20. The monoisotopic (exact) mass is 225 g/mol. The Bertz CT molecular complexity index is 338. The highest BCUT2D eigenvalue weighted by Gasteiger charge is 2.23. The van der Waals surface area contributed by atoms with Crippen molar-refractivity contribution in [2.24, 2.45) is 0 Å². The number of H-pyrrole nitrogens is 1. The van der Waals surface area contributed by atoms with Crippen molar-refractivity contribution in [3.63, 3.8) is 0 Å². The van der Waals surface area contributed by atoms with Crippen molar-refractivity contribution in [1.82, 2.24) is 10.2 Å². The smallest absolute Gasteiger partial charge is 0.151 e. The maximum atomic E-state index is 5.40. The lowest BCUT2D eigenvalue weighted by Crippen LogP contribution is -2.21. The zero-order chi connectivity index (χ0) is 11.4. The number of hydrogen-bond donors (Lipinski definition) is 2. The third-order valence-electron chi connectivity index (χ3n) is 3.03. The lowest BCUT2D eigenvalue weighted by molar-refractivity contribution is 0.0910. The Labute approximate surface area is 95.5 Å². The molecule has 0 amide bonds. The third-order valence-corrected chi connectivity index (χ3v) is 3.03. The standard InChI is InChI=1S/C11H19N3O2/c1-15-6-5-12-11-9-7-8(16-2)3-4-10(9)13-14-11/h8H,3-7H2,1-2H3,(H2,12,13,14). The van der Waals surface area contributed by atoms with E-state index in [2.05, 4.69) is 15.5 Å². The first-order valence-electron chi connectivity index (χ1n) is 5.67. The summed E-state index contributed by atoms with van der Waals surface area (Å²) in [6, 6.07) is 0. The van der Waals surface area contributed by atoms with E-state index < -0.39 is 0 Å². The minimum Gasteiger partial charge on any atom is -0.383 e. The molecular formula is C11H19N3O2. The quantitative estimate of drug-likeness (QED) is 0.733. The molecule has 90 valence electrons. The van der Waals surface area contributed by atoms with Crippen LogP contribution in [0, 0.1) is 0 Å². The van der Waals surface area contributed by atoms with Gasteiger partial charge in [-0.05, 0) is 12.8 Å². The molecule has 1 aromatic rings. The molecule has 0 bridgehead atoms. The number of nitrogens with zero attached hydrogens (tertiary/aromatic N) is 1. The van der Waals surface area contributed by atoms with Gasteiger partial charge in [0.15, 0.2) is 5.82 Å². The molecule has 1 atom stereocenters. The molecule has 0 aliphatic heterocycles. The molecule has 0 spiro atoms. The molecule has 2 rings (SSSR count). The molecule has 1 aliphatic carbocycles. The van der Waals surface area contributed by atoms with Crippen molar-refractivity contribution in [2.75, 3.05) is 32.7 Å². The average molecular weight is 225 g/mol. The fraction of sp³-hybridized carbons (Fsp3) is 0.727. The van der Waals surface area contributed by atoms with Crippen LogP contribution in [0.3, 0.4) is 0 Å². The molecular weight excluding hydrogens is 206 g/mol. The van der Waals surface area contributed by atoms with Crippen molar-refractivity contribution in [3.8, 4) is 0 Å². The topological polar surface area (TPSA) is 59.2 Å². The van der Waals surface area contributed by atoms with E-state index in [1.807, 2.05) is 0 Å². The fourth-order valence-corrected chi connectivity index (χ4v) is 2.08. The van der Waals surface area contributed by atoms with E-state index in [9.17, 15) is 0 Å². The molecule has 0 radical (unpaired) electrons. The van der Waals surface area contributed by atoms with Crippen LogP contribution in [0.5, 0.6) is 0 Å². The maximum Gasteiger partial charge on any atom is 0.151 e. The number of anilines is 1. The molecule has 0 fully saturated rings. The second kappa shape index (κ2) is 5.32. The van der Waals surface area contributed by atoms with Crippen molar-refractivity contribution < 1.29 is 9.47 Å². The average Bonchev–Trinajstić information content (AvgIpc) is 2.72. The Morgan fingerprint density at radius 3 is 3.12 bits per heavy atom. The van der Waals surface area contributed by atoms with Crippen LogP contribution in [-0.2, 0) is 22.3 Å². The van der Waals surface area contributed by atoms with Crippen LogP contribution >= 0.6 is 0 Å². The number of aryl methyl sites for hydroxylation is 1. The van der Waals surface area contributed by atoms with Gasteiger partial charge in [0.25, 0.3) is 0 Å². The Kier molecular flexibility index (Phi) is 3.79. The van der Waals surface area contributed by atoms with Gasteiger partial charge in [0.2, 0.25) is 0 Å². The van der Waals surface area contributed by atoms with E-state index in [1.165, 1.54) is 11.3 Å². The fourth-order valence-electron chi connectivity index (χ4n) is 2.08. The number of rotatable bonds is 5. The van der Waals surface area contributed by atoms with Gasteiger partial charge in [-0.3, -0.25) is 5.10 Å². The second-order valence-corrected chi connectivity index (χ2v) is 4.05. The summed E-state index contributed by atoms with van der Waals surface area (Å²) in [5.41, 5.74) is 2.52. The highest BCUT2D eigenvalue weighted by Crippen LogP contribution is 2.26. The number of fused-ring (bicyclic) bond motifs is 1. The van der Waals surface area contributed by atoms with Gasteiger partial charge in [-0.1, -0.05) is 0 Å². The number of methoxy groups -OCH3 is 2. The van der Waals surface area contributed by atoms with Crippen molar-refractivity contribution >= 4 is 5.82 Å². The van der Waals surface area contributed by atoms with E-state index in [0.29, 0.717) is 12.7 Å². The molecule has 5 nitrogen and oxygen atoms in total. The zero-order valence-electron chi connectivity index (χ0n) is 9.88. The number of nitrogens with one attached hydrogen (secondary N) is 2. The Hall–Kier alpha value is -1.07. The summed E-state index contributed by atoms with van der Waals surface area (Å²) < 4.78 is 10.4. The molecule has 5 heteroatoms. The van der Waals surface area contributed by atoms with Crippen LogP contribution in [0.25, 0.3) is 0 Å². The predicted molar refractivity (Wildman–Crippen MR) is 61.8 cm³/mol. The third kappa shape index (κ3) is 2.36. The Morgan fingerprint density at radius 1 is 1.50 bits per heavy atom. The summed E-state index contributed by atoms with van der Waals surface area (Å²) in [7, 11) is 3.47. The van der Waals surface area contributed by atoms with Crippen LogP contribution in [0.2, 0.25) is 0 Å². The van der Waals surface area contributed by atoms with Crippen LogP contribution in [0.4, 0.5) is 5.82 Å². The molecule has 0 saturated heterocycles. The lowest BCUT2D eigenvalue weighted by atomic mass is 9.95. The number of ether oxygens (including phenoxy) is 2. The first kappa shape index (κ1) is 11.4. The summed E-state index contributed by atoms with van der Waals surface area (Å²) in [5, 5.41) is 10.7. The first-order valence-corrected chi connectivity index (χ1v) is 5.67. The molecule has 0 saturated carbocycles. The minimum absolute atomic E-state index is 0.327. The normalized spacial score (nSPS) is 19.5. The van der Waals surface area contributed by atoms with E-state index >= 15 is 0 Å². The first-order chi connectivity index (χ1) is 7.85. The highest BCUT2D eigenvalue weighted by atomic mass is 16.5. The second-order valence-electron chi connectivity index (χ2n) is 4.05. The number of aromatic nitrogens is 2. The van der Waals surface area contributed by atoms with Gasteiger partial charge >= 0.3 is 0 Å². The van der Waals surface area contributed by atoms with Gasteiger partial charge in [-0.25, -0.2) is 0 Å². The SMILES string of the molecule is COCCNc1n[nH]c2c1CC(OC)CC2. The van der Waals surface area contributed by atoms with E-state index in [1.54, 1.807) is 14.2 Å². The molecule has 1 unspecified atom stereocenters. The summed E-state index contributed by atoms with van der Waals surface area (Å²) in [6.07, 6.45) is 3.36. The predicted octanol–water partition coefficient (Wildman–Crippen LogP) is 0.972. The Morgan fingerprint density at radius 2 is 2.38 bits per heavy atom. The van der Waals surface area contributed by atoms with Gasteiger partial charge in [-0.2, -0.15) is 5.10 Å². The van der Waals surface area contributed by atoms with Crippen LogP contribution < -0.4 is 5.32 Å². The summed E-state index contributed by atoms with van der Waals surface area (Å²) in [5.74, 6) is 0.953. The summed E-state index contributed by atoms with van der Waals surface area (Å²) in [4.78, 5) is 0. The summed E-state index contributed by atoms with van der Waals surface area (Å²) in [6.45, 7) is 1.47. The van der Waals surface area contributed by atoms with Crippen LogP contribution in [0.1, 0.15) is 17.7 Å². The molecule has 0 aromatic carbocycles. The molecule has 16 heavy (non-hydrogen) atoms. The van der Waals surface area contributed by atoms with Crippen molar-refractivity contribution in [1.29, 1.82) is 0 Å². The molecule has 1 heterocycles. The van der Waals surface area contributed by atoms with Crippen molar-refractivity contribution in [2.45, 2.75) is 25.4 Å². The van der Waals surface area contributed by atoms with E-state index in [0.717, 1.165) is 31.6 Å². The van der Waals surface area contributed by atoms with E-state index in [4.69, 9.17) is 9.47 Å². The zero-order valence-corrected chi connectivity index (χ0v) is 9.88. The van der Waals surface area contributed by atoms with Crippen LogP contribution in [-0.4, -0.2) is 43.7 Å². The largest absolute Gasteiger partial charge is 0.383 e. The van der Waals surface area contributed by atoms with E-state index in [-0.39, 0.29) is 0 Å². The van der Waals surface area contributed by atoms with Gasteiger partial charge in [0.1, 0.15) is 0 Å². The van der Waals surface area contributed by atoms with Crippen LogP contribution in [0.15, 0.2) is 0 Å². The van der Waals surface area contributed by atoms with Gasteiger partial charge < -0.3 is 14.8 Å². The minimum atomic E-state index is 0.327. The number of aromatic amines is 1. The summed E-state index contributed by atoms with van der Waals surface area (Å²) >= 11 is 0. The van der Waals surface area contributed by atoms with Gasteiger partial charge in [0, 0.05) is 38.4 Å². The molecule has 1 aliphatic rings. The number of hydrogen-bond acceptors (Lipinski definition) is 4. The Balaban J connectivity index is 2.01.